The average molecular weight is 447 g/mol. The van der Waals surface area contributed by atoms with E-state index in [1.807, 2.05) is 33.4 Å². The van der Waals surface area contributed by atoms with E-state index in [1.54, 1.807) is 0 Å². The van der Waals surface area contributed by atoms with E-state index >= 15 is 0 Å². The van der Waals surface area contributed by atoms with Gasteiger partial charge in [0.25, 0.3) is 5.91 Å². The van der Waals surface area contributed by atoms with Crippen molar-refractivity contribution in [3.8, 4) is 0 Å². The van der Waals surface area contributed by atoms with Crippen LogP contribution >= 0.6 is 27.3 Å². The Kier molecular flexibility index (Phi) is 4.24. The quantitative estimate of drug-likeness (QED) is 0.693. The molecular weight excluding hydrogens is 428 g/mol. The van der Waals surface area contributed by atoms with Crippen molar-refractivity contribution in [1.82, 2.24) is 9.80 Å². The van der Waals surface area contributed by atoms with E-state index in [0.29, 0.717) is 13.1 Å². The number of fused-ring (bicyclic) bond motifs is 3. The first kappa shape index (κ1) is 17.3. The lowest BCUT2D eigenvalue weighted by Gasteiger charge is -2.37. The van der Waals surface area contributed by atoms with Crippen LogP contribution in [-0.2, 0) is 11.2 Å². The summed E-state index contributed by atoms with van der Waals surface area (Å²) in [5, 5.41) is 1.92. The van der Waals surface area contributed by atoms with Crippen molar-refractivity contribution in [1.29, 1.82) is 0 Å². The number of ether oxygens (including phenoxy) is 1. The Hall–Kier alpha value is -1.86. The molecule has 2 saturated heterocycles. The van der Waals surface area contributed by atoms with Crippen LogP contribution in [0.25, 0.3) is 0 Å². The van der Waals surface area contributed by atoms with Gasteiger partial charge >= 0.3 is 6.09 Å². The second kappa shape index (κ2) is 6.63. The molecule has 0 unspecified atom stereocenters. The molecule has 27 heavy (non-hydrogen) atoms. The number of carbonyl (C=O) groups is 2. The van der Waals surface area contributed by atoms with Gasteiger partial charge in [0.05, 0.1) is 6.04 Å². The van der Waals surface area contributed by atoms with Crippen LogP contribution in [0.15, 0.2) is 40.2 Å². The van der Waals surface area contributed by atoms with Gasteiger partial charge in [-0.15, -0.1) is 11.3 Å². The summed E-state index contributed by atoms with van der Waals surface area (Å²) in [4.78, 5) is 29.9. The molecule has 1 aromatic heterocycles. The standard InChI is InChI=1S/C20H19BrN2O3S/c21-15-7-10-27-18(15)19(24)22-8-5-13(6-9-22)23-17-14-4-2-1-3-12(14)11-16(17)26-20(23)25/h1-4,7,10,13,16-17H,5-6,8-9,11H2/t16-,17+/m0/s1. The van der Waals surface area contributed by atoms with Crippen molar-refractivity contribution in [3.05, 3.63) is 56.2 Å². The number of nitrogens with zero attached hydrogens (tertiary/aromatic N) is 2. The highest BCUT2D eigenvalue weighted by atomic mass is 79.9. The first-order valence-electron chi connectivity index (χ1n) is 9.22. The molecule has 5 rings (SSSR count). The van der Waals surface area contributed by atoms with Crippen molar-refractivity contribution in [2.24, 2.45) is 0 Å². The van der Waals surface area contributed by atoms with Gasteiger partial charge in [0.1, 0.15) is 11.0 Å². The number of likely N-dealkylation sites (tertiary alicyclic amines) is 1. The van der Waals surface area contributed by atoms with Crippen LogP contribution in [0.3, 0.4) is 0 Å². The van der Waals surface area contributed by atoms with Crippen LogP contribution in [0.2, 0.25) is 0 Å². The molecule has 2 amide bonds. The highest BCUT2D eigenvalue weighted by Gasteiger charge is 2.50. The lowest BCUT2D eigenvalue weighted by Crippen LogP contribution is -2.47. The number of hydrogen-bond donors (Lipinski definition) is 0. The summed E-state index contributed by atoms with van der Waals surface area (Å²) in [5.41, 5.74) is 2.49. The number of benzene rings is 1. The zero-order chi connectivity index (χ0) is 18.5. The van der Waals surface area contributed by atoms with E-state index in [2.05, 4.69) is 28.1 Å². The zero-order valence-electron chi connectivity index (χ0n) is 14.6. The smallest absolute Gasteiger partial charge is 0.411 e. The molecule has 5 nitrogen and oxygen atoms in total. The second-order valence-corrected chi connectivity index (χ2v) is 9.07. The number of carbonyl (C=O) groups excluding carboxylic acids is 2. The monoisotopic (exact) mass is 446 g/mol. The molecule has 3 aliphatic rings. The molecule has 3 heterocycles. The summed E-state index contributed by atoms with van der Waals surface area (Å²) in [6, 6.07) is 10.4. The predicted molar refractivity (Wildman–Crippen MR) is 106 cm³/mol. The van der Waals surface area contributed by atoms with Crippen LogP contribution in [0.4, 0.5) is 4.79 Å². The van der Waals surface area contributed by atoms with Gasteiger partial charge in [-0.3, -0.25) is 9.69 Å². The van der Waals surface area contributed by atoms with E-state index in [0.717, 1.165) is 28.6 Å². The summed E-state index contributed by atoms with van der Waals surface area (Å²) in [7, 11) is 0. The van der Waals surface area contributed by atoms with Gasteiger partial charge in [-0.05, 0) is 51.3 Å². The SMILES string of the molecule is O=C(c1sccc1Br)N1CCC(N2C(=O)O[C@H]3Cc4ccccc4[C@H]32)CC1. The van der Waals surface area contributed by atoms with Crippen molar-refractivity contribution in [2.75, 3.05) is 13.1 Å². The third-order valence-corrected chi connectivity index (χ3v) is 7.69. The van der Waals surface area contributed by atoms with Crippen LogP contribution in [0, 0.1) is 0 Å². The van der Waals surface area contributed by atoms with Crippen LogP contribution < -0.4 is 0 Å². The van der Waals surface area contributed by atoms with E-state index in [9.17, 15) is 9.59 Å². The molecule has 2 aliphatic heterocycles. The third-order valence-electron chi connectivity index (χ3n) is 5.87. The van der Waals surface area contributed by atoms with E-state index in [4.69, 9.17) is 4.74 Å². The van der Waals surface area contributed by atoms with Crippen molar-refractivity contribution >= 4 is 39.3 Å². The molecule has 0 N–H and O–H groups in total. The van der Waals surface area contributed by atoms with E-state index in [-0.39, 0.29) is 30.2 Å². The Morgan fingerprint density at radius 1 is 1.19 bits per heavy atom. The van der Waals surface area contributed by atoms with Crippen LogP contribution in [0.1, 0.15) is 39.7 Å². The summed E-state index contributed by atoms with van der Waals surface area (Å²) in [5.74, 6) is 0.0726. The van der Waals surface area contributed by atoms with Crippen molar-refractivity contribution in [2.45, 2.75) is 37.5 Å². The molecule has 2 fully saturated rings. The molecule has 140 valence electrons. The molecular formula is C20H19BrN2O3S. The molecule has 0 bridgehead atoms. The highest BCUT2D eigenvalue weighted by Crippen LogP contribution is 2.44. The molecule has 2 aromatic rings. The van der Waals surface area contributed by atoms with Gasteiger partial charge in [0, 0.05) is 30.0 Å². The number of halogens is 1. The predicted octanol–water partition coefficient (Wildman–Crippen LogP) is 4.23. The Labute approximate surface area is 170 Å². The van der Waals surface area contributed by atoms with E-state index in [1.165, 1.54) is 22.5 Å². The normalized spacial score (nSPS) is 24.7. The summed E-state index contributed by atoms with van der Waals surface area (Å²) in [6.45, 7) is 1.33. The van der Waals surface area contributed by atoms with Crippen LogP contribution in [-0.4, -0.2) is 47.0 Å². The zero-order valence-corrected chi connectivity index (χ0v) is 17.0. The van der Waals surface area contributed by atoms with Crippen LogP contribution in [0.5, 0.6) is 0 Å². The lowest BCUT2D eigenvalue weighted by atomic mass is 9.99. The average Bonchev–Trinajstić information content (AvgIpc) is 3.34. The molecule has 1 aliphatic carbocycles. The van der Waals surface area contributed by atoms with Crippen molar-refractivity contribution in [3.63, 3.8) is 0 Å². The Balaban J connectivity index is 1.32. The Morgan fingerprint density at radius 2 is 1.96 bits per heavy atom. The number of piperidine rings is 1. The molecule has 7 heteroatoms. The highest BCUT2D eigenvalue weighted by molar-refractivity contribution is 9.10. The largest absolute Gasteiger partial charge is 0.443 e. The fraction of sp³-hybridized carbons (Fsp3) is 0.400. The molecule has 1 aromatic carbocycles. The fourth-order valence-electron chi connectivity index (χ4n) is 4.59. The minimum Gasteiger partial charge on any atom is -0.443 e. The Bertz CT molecular complexity index is 906. The van der Waals surface area contributed by atoms with Gasteiger partial charge in [0.15, 0.2) is 0 Å². The minimum atomic E-state index is -0.203. The molecule has 0 saturated carbocycles. The second-order valence-electron chi connectivity index (χ2n) is 7.30. The summed E-state index contributed by atoms with van der Waals surface area (Å²) in [6.07, 6.45) is 2.10. The van der Waals surface area contributed by atoms with Gasteiger partial charge in [-0.25, -0.2) is 4.79 Å². The number of rotatable bonds is 2. The summed E-state index contributed by atoms with van der Waals surface area (Å²) < 4.78 is 6.54. The molecule has 0 spiro atoms. The molecule has 2 atom stereocenters. The fourth-order valence-corrected chi connectivity index (χ4v) is 6.10. The third kappa shape index (κ3) is 2.79. The number of amides is 2. The topological polar surface area (TPSA) is 49.9 Å². The maximum Gasteiger partial charge on any atom is 0.411 e. The lowest BCUT2D eigenvalue weighted by molar-refractivity contribution is 0.0639. The van der Waals surface area contributed by atoms with E-state index < -0.39 is 0 Å². The van der Waals surface area contributed by atoms with Gasteiger partial charge in [-0.1, -0.05) is 24.3 Å². The Morgan fingerprint density at radius 3 is 2.70 bits per heavy atom. The van der Waals surface area contributed by atoms with Gasteiger partial charge in [-0.2, -0.15) is 0 Å². The maximum absolute atomic E-state index is 12.7. The first-order chi connectivity index (χ1) is 13.1. The first-order valence-corrected chi connectivity index (χ1v) is 10.9. The summed E-state index contributed by atoms with van der Waals surface area (Å²) >= 11 is 4.91. The number of hydrogen-bond acceptors (Lipinski definition) is 4. The number of thiophene rings is 1. The minimum absolute atomic E-state index is 0.0207. The van der Waals surface area contributed by atoms with Gasteiger partial charge in [0.2, 0.25) is 0 Å². The van der Waals surface area contributed by atoms with Gasteiger partial charge < -0.3 is 9.64 Å². The maximum atomic E-state index is 12.7. The van der Waals surface area contributed by atoms with Crippen molar-refractivity contribution < 1.29 is 14.3 Å². The molecule has 0 radical (unpaired) electrons.